The van der Waals surface area contributed by atoms with Gasteiger partial charge in [-0.25, -0.2) is 4.68 Å². The van der Waals surface area contributed by atoms with Crippen LogP contribution in [0.15, 0.2) is 30.3 Å². The molecule has 1 aromatic carbocycles. The standard InChI is InChI=1S/C18H19ClN4O2/c1-11-8-16(23(21-11)15-4-2-13(19)3-5-15)20-18(25)12-9-17(24)22(10-12)14-6-7-14/h2-5,8,12,14H,6-7,9-10H2,1H3,(H,20,25). The van der Waals surface area contributed by atoms with Crippen LogP contribution in [0, 0.1) is 12.8 Å². The fraction of sp³-hybridized carbons (Fsp3) is 0.389. The van der Waals surface area contributed by atoms with Crippen molar-refractivity contribution in [3.8, 4) is 5.69 Å². The van der Waals surface area contributed by atoms with Crippen molar-refractivity contribution >= 4 is 29.2 Å². The van der Waals surface area contributed by atoms with Crippen LogP contribution in [0.2, 0.25) is 5.02 Å². The largest absolute Gasteiger partial charge is 0.339 e. The second-order valence-electron chi connectivity index (χ2n) is 6.73. The number of nitrogens with one attached hydrogen (secondary N) is 1. The smallest absolute Gasteiger partial charge is 0.230 e. The normalized spacial score (nSPS) is 20.2. The third-order valence-electron chi connectivity index (χ3n) is 4.67. The van der Waals surface area contributed by atoms with Gasteiger partial charge >= 0.3 is 0 Å². The zero-order chi connectivity index (χ0) is 17.6. The summed E-state index contributed by atoms with van der Waals surface area (Å²) in [7, 11) is 0. The molecule has 2 fully saturated rings. The van der Waals surface area contributed by atoms with Gasteiger partial charge in [-0.3, -0.25) is 9.59 Å². The summed E-state index contributed by atoms with van der Waals surface area (Å²) in [6.07, 6.45) is 2.40. The predicted molar refractivity (Wildman–Crippen MR) is 94.8 cm³/mol. The van der Waals surface area contributed by atoms with Crippen LogP contribution in [0.25, 0.3) is 5.69 Å². The van der Waals surface area contributed by atoms with Crippen molar-refractivity contribution in [1.82, 2.24) is 14.7 Å². The second kappa shape index (κ2) is 6.19. The van der Waals surface area contributed by atoms with Crippen molar-refractivity contribution in [2.24, 2.45) is 5.92 Å². The van der Waals surface area contributed by atoms with Crippen LogP contribution in [0.5, 0.6) is 0 Å². The predicted octanol–water partition coefficient (Wildman–Crippen LogP) is 2.78. The Morgan fingerprint density at radius 2 is 2.00 bits per heavy atom. The summed E-state index contributed by atoms with van der Waals surface area (Å²) in [5.74, 6) is 0.251. The average molecular weight is 359 g/mol. The Hall–Kier alpha value is -2.34. The lowest BCUT2D eigenvalue weighted by molar-refractivity contribution is -0.128. The minimum absolute atomic E-state index is 0.0880. The number of hydrogen-bond acceptors (Lipinski definition) is 3. The van der Waals surface area contributed by atoms with Crippen LogP contribution in [0.1, 0.15) is 25.0 Å². The van der Waals surface area contributed by atoms with E-state index in [-0.39, 0.29) is 24.2 Å². The molecule has 2 aliphatic rings. The van der Waals surface area contributed by atoms with Gasteiger partial charge in [-0.05, 0) is 44.0 Å². The Morgan fingerprint density at radius 3 is 2.68 bits per heavy atom. The molecule has 0 bridgehead atoms. The summed E-state index contributed by atoms with van der Waals surface area (Å²) in [4.78, 5) is 26.6. The molecule has 1 N–H and O–H groups in total. The van der Waals surface area contributed by atoms with E-state index in [2.05, 4.69) is 10.4 Å². The van der Waals surface area contributed by atoms with E-state index in [4.69, 9.17) is 11.6 Å². The number of aryl methyl sites for hydroxylation is 1. The minimum Gasteiger partial charge on any atom is -0.339 e. The highest BCUT2D eigenvalue weighted by Gasteiger charge is 2.41. The Kier molecular flexibility index (Phi) is 4.00. The first-order chi connectivity index (χ1) is 12.0. The number of anilines is 1. The first kappa shape index (κ1) is 16.1. The van der Waals surface area contributed by atoms with Crippen molar-refractivity contribution < 1.29 is 9.59 Å². The number of rotatable bonds is 4. The van der Waals surface area contributed by atoms with E-state index in [0.717, 1.165) is 24.2 Å². The van der Waals surface area contributed by atoms with Crippen LogP contribution < -0.4 is 5.32 Å². The maximum atomic E-state index is 12.6. The van der Waals surface area contributed by atoms with Gasteiger partial charge < -0.3 is 10.2 Å². The first-order valence-corrected chi connectivity index (χ1v) is 8.82. The quantitative estimate of drug-likeness (QED) is 0.913. The second-order valence-corrected chi connectivity index (χ2v) is 7.16. The molecule has 1 aliphatic heterocycles. The third kappa shape index (κ3) is 3.26. The van der Waals surface area contributed by atoms with Gasteiger partial charge in [0, 0.05) is 30.1 Å². The molecular weight excluding hydrogens is 340 g/mol. The Bertz CT molecular complexity index is 826. The van der Waals surface area contributed by atoms with Crippen LogP contribution >= 0.6 is 11.6 Å². The van der Waals surface area contributed by atoms with Crippen molar-refractivity contribution in [1.29, 1.82) is 0 Å². The molecule has 2 amide bonds. The molecule has 1 aliphatic carbocycles. The molecule has 130 valence electrons. The molecule has 1 saturated heterocycles. The van der Waals surface area contributed by atoms with Crippen LogP contribution in [0.3, 0.4) is 0 Å². The van der Waals surface area contributed by atoms with Crippen molar-refractivity contribution in [2.45, 2.75) is 32.2 Å². The molecule has 2 aromatic rings. The summed E-state index contributed by atoms with van der Waals surface area (Å²) < 4.78 is 1.68. The summed E-state index contributed by atoms with van der Waals surface area (Å²) in [6.45, 7) is 2.39. The zero-order valence-corrected chi connectivity index (χ0v) is 14.7. The highest BCUT2D eigenvalue weighted by atomic mass is 35.5. The van der Waals surface area contributed by atoms with E-state index in [9.17, 15) is 9.59 Å². The van der Waals surface area contributed by atoms with Gasteiger partial charge in [0.2, 0.25) is 11.8 Å². The number of benzene rings is 1. The topological polar surface area (TPSA) is 67.2 Å². The monoisotopic (exact) mass is 358 g/mol. The van der Waals surface area contributed by atoms with Crippen molar-refractivity contribution in [3.05, 3.63) is 41.0 Å². The van der Waals surface area contributed by atoms with Gasteiger partial charge in [-0.1, -0.05) is 11.6 Å². The summed E-state index contributed by atoms with van der Waals surface area (Å²) >= 11 is 5.94. The van der Waals surface area contributed by atoms with E-state index in [1.165, 1.54) is 0 Å². The first-order valence-electron chi connectivity index (χ1n) is 8.44. The molecular formula is C18H19ClN4O2. The van der Waals surface area contributed by atoms with E-state index >= 15 is 0 Å². The number of halogens is 1. The molecule has 4 rings (SSSR count). The number of nitrogens with zero attached hydrogens (tertiary/aromatic N) is 3. The van der Waals surface area contributed by atoms with Crippen molar-refractivity contribution in [3.63, 3.8) is 0 Å². The number of likely N-dealkylation sites (tertiary alicyclic amines) is 1. The van der Waals surface area contributed by atoms with Crippen LogP contribution in [0.4, 0.5) is 5.82 Å². The van der Waals surface area contributed by atoms with Crippen LogP contribution in [-0.4, -0.2) is 39.1 Å². The van der Waals surface area contributed by atoms with Gasteiger partial charge in [0.15, 0.2) is 0 Å². The number of amides is 2. The van der Waals surface area contributed by atoms with Crippen LogP contribution in [-0.2, 0) is 9.59 Å². The summed E-state index contributed by atoms with van der Waals surface area (Å²) in [5, 5.41) is 8.02. The molecule has 1 saturated carbocycles. The summed E-state index contributed by atoms with van der Waals surface area (Å²) in [5.41, 5.74) is 1.61. The molecule has 1 unspecified atom stereocenters. The number of carbonyl (C=O) groups is 2. The Labute approximate surface area is 150 Å². The summed E-state index contributed by atoms with van der Waals surface area (Å²) in [6, 6.07) is 9.43. The molecule has 1 aromatic heterocycles. The lowest BCUT2D eigenvalue weighted by Crippen LogP contribution is -2.30. The zero-order valence-electron chi connectivity index (χ0n) is 13.9. The fourth-order valence-electron chi connectivity index (χ4n) is 3.24. The van der Waals surface area contributed by atoms with E-state index in [1.54, 1.807) is 16.8 Å². The maximum absolute atomic E-state index is 12.6. The lowest BCUT2D eigenvalue weighted by Gasteiger charge is -2.15. The lowest BCUT2D eigenvalue weighted by atomic mass is 10.1. The molecule has 2 heterocycles. The van der Waals surface area contributed by atoms with E-state index < -0.39 is 0 Å². The SMILES string of the molecule is Cc1cc(NC(=O)C2CC(=O)N(C3CC3)C2)n(-c2ccc(Cl)cc2)n1. The third-order valence-corrected chi connectivity index (χ3v) is 4.92. The molecule has 7 heteroatoms. The highest BCUT2D eigenvalue weighted by Crippen LogP contribution is 2.33. The Balaban J connectivity index is 1.52. The number of hydrogen-bond donors (Lipinski definition) is 1. The van der Waals surface area contributed by atoms with Gasteiger partial charge in [0.1, 0.15) is 5.82 Å². The maximum Gasteiger partial charge on any atom is 0.230 e. The number of carbonyl (C=O) groups excluding carboxylic acids is 2. The van der Waals surface area contributed by atoms with E-state index in [0.29, 0.717) is 23.4 Å². The van der Waals surface area contributed by atoms with Gasteiger partial charge in [-0.2, -0.15) is 5.10 Å². The molecule has 25 heavy (non-hydrogen) atoms. The fourth-order valence-corrected chi connectivity index (χ4v) is 3.37. The highest BCUT2D eigenvalue weighted by molar-refractivity contribution is 6.30. The molecule has 1 atom stereocenters. The van der Waals surface area contributed by atoms with E-state index in [1.807, 2.05) is 30.0 Å². The van der Waals surface area contributed by atoms with Gasteiger partial charge in [0.05, 0.1) is 17.3 Å². The van der Waals surface area contributed by atoms with Gasteiger partial charge in [0.25, 0.3) is 0 Å². The number of aromatic nitrogens is 2. The minimum atomic E-state index is -0.304. The Morgan fingerprint density at radius 1 is 1.28 bits per heavy atom. The average Bonchev–Trinajstić information content (AvgIpc) is 3.25. The molecule has 0 radical (unpaired) electrons. The molecule has 6 nitrogen and oxygen atoms in total. The molecule has 0 spiro atoms. The van der Waals surface area contributed by atoms with Gasteiger partial charge in [-0.15, -0.1) is 0 Å². The van der Waals surface area contributed by atoms with Crippen molar-refractivity contribution in [2.75, 3.05) is 11.9 Å².